The number of ether oxygens (including phenoxy) is 1. The zero-order chi connectivity index (χ0) is 20.0. The highest BCUT2D eigenvalue weighted by Crippen LogP contribution is 2.31. The summed E-state index contributed by atoms with van der Waals surface area (Å²) in [6, 6.07) is 14.9. The van der Waals surface area contributed by atoms with Crippen LogP contribution in [0.3, 0.4) is 0 Å². The molecule has 1 amide bonds. The molecule has 0 spiro atoms. The quantitative estimate of drug-likeness (QED) is 0.695. The van der Waals surface area contributed by atoms with Crippen molar-refractivity contribution in [3.8, 4) is 5.75 Å². The first-order valence-corrected chi connectivity index (χ1v) is 10.5. The second-order valence-corrected chi connectivity index (χ2v) is 8.25. The predicted molar refractivity (Wildman–Crippen MR) is 107 cm³/mol. The molecule has 7 heteroatoms. The van der Waals surface area contributed by atoms with Gasteiger partial charge in [0.15, 0.2) is 0 Å². The van der Waals surface area contributed by atoms with E-state index in [1.54, 1.807) is 17.0 Å². The molecule has 0 saturated heterocycles. The molecule has 146 valence electrons. The minimum Gasteiger partial charge on any atom is -0.495 e. The van der Waals surface area contributed by atoms with Crippen LogP contribution in [0.2, 0.25) is 0 Å². The average molecular weight is 391 g/mol. The zero-order valence-electron chi connectivity index (χ0n) is 16.2. The van der Waals surface area contributed by atoms with E-state index in [9.17, 15) is 13.2 Å². The SMILES string of the molecule is CCN(Cc1ccccc1)C(=O)CN(c1cc(C)ccc1OC)S(C)(=O)=O. The molecule has 0 unspecified atom stereocenters. The van der Waals surface area contributed by atoms with E-state index in [1.807, 2.05) is 50.2 Å². The number of hydrogen-bond acceptors (Lipinski definition) is 4. The Labute approximate surface area is 161 Å². The smallest absolute Gasteiger partial charge is 0.243 e. The minimum atomic E-state index is -3.67. The Morgan fingerprint density at radius 1 is 1.11 bits per heavy atom. The van der Waals surface area contributed by atoms with Gasteiger partial charge >= 0.3 is 0 Å². The summed E-state index contributed by atoms with van der Waals surface area (Å²) in [5.41, 5.74) is 2.24. The fourth-order valence-corrected chi connectivity index (χ4v) is 3.62. The van der Waals surface area contributed by atoms with Gasteiger partial charge in [-0.3, -0.25) is 9.10 Å². The number of likely N-dealkylation sites (N-methyl/N-ethyl adjacent to an activating group) is 1. The van der Waals surface area contributed by atoms with Crippen molar-refractivity contribution < 1.29 is 17.9 Å². The van der Waals surface area contributed by atoms with Crippen molar-refractivity contribution in [3.05, 3.63) is 59.7 Å². The van der Waals surface area contributed by atoms with E-state index >= 15 is 0 Å². The number of methoxy groups -OCH3 is 1. The molecule has 27 heavy (non-hydrogen) atoms. The van der Waals surface area contributed by atoms with Crippen molar-refractivity contribution in [2.45, 2.75) is 20.4 Å². The summed E-state index contributed by atoms with van der Waals surface area (Å²) in [5.74, 6) is 0.139. The highest BCUT2D eigenvalue weighted by atomic mass is 32.2. The summed E-state index contributed by atoms with van der Waals surface area (Å²) < 4.78 is 31.2. The molecule has 0 saturated carbocycles. The number of nitrogens with zero attached hydrogens (tertiary/aromatic N) is 2. The van der Waals surface area contributed by atoms with Gasteiger partial charge < -0.3 is 9.64 Å². The monoisotopic (exact) mass is 390 g/mol. The lowest BCUT2D eigenvalue weighted by molar-refractivity contribution is -0.129. The van der Waals surface area contributed by atoms with Crippen LogP contribution in [0.25, 0.3) is 0 Å². The third kappa shape index (κ3) is 5.47. The van der Waals surface area contributed by atoms with Crippen LogP contribution in [0.1, 0.15) is 18.1 Å². The molecule has 0 aliphatic heterocycles. The lowest BCUT2D eigenvalue weighted by atomic mass is 10.2. The predicted octanol–water partition coefficient (Wildman–Crippen LogP) is 2.82. The minimum absolute atomic E-state index is 0.268. The summed E-state index contributed by atoms with van der Waals surface area (Å²) in [6.45, 7) is 4.37. The average Bonchev–Trinajstić information content (AvgIpc) is 2.63. The lowest BCUT2D eigenvalue weighted by Gasteiger charge is -2.28. The molecule has 2 rings (SSSR count). The van der Waals surface area contributed by atoms with Gasteiger partial charge in [-0.1, -0.05) is 36.4 Å². The van der Waals surface area contributed by atoms with Gasteiger partial charge in [-0.15, -0.1) is 0 Å². The van der Waals surface area contributed by atoms with Gasteiger partial charge in [0.25, 0.3) is 0 Å². The van der Waals surface area contributed by atoms with Crippen LogP contribution >= 0.6 is 0 Å². The van der Waals surface area contributed by atoms with E-state index in [4.69, 9.17) is 4.74 Å². The van der Waals surface area contributed by atoms with E-state index < -0.39 is 10.0 Å². The first-order valence-electron chi connectivity index (χ1n) is 8.70. The molecule has 0 N–H and O–H groups in total. The molecule has 0 atom stereocenters. The Hall–Kier alpha value is -2.54. The van der Waals surface area contributed by atoms with Crippen LogP contribution in [0, 0.1) is 6.92 Å². The van der Waals surface area contributed by atoms with Gasteiger partial charge in [-0.25, -0.2) is 8.42 Å². The first kappa shape index (κ1) is 20.8. The first-order chi connectivity index (χ1) is 12.8. The Morgan fingerprint density at radius 3 is 2.33 bits per heavy atom. The standard InChI is InChI=1S/C20H26N2O4S/c1-5-21(14-17-9-7-6-8-10-17)20(23)15-22(27(4,24)25)18-13-16(2)11-12-19(18)26-3/h6-13H,5,14-15H2,1-4H3. The maximum absolute atomic E-state index is 12.9. The Kier molecular flexibility index (Phi) is 6.85. The van der Waals surface area contributed by atoms with Gasteiger partial charge in [0.2, 0.25) is 15.9 Å². The molecular weight excluding hydrogens is 364 g/mol. The van der Waals surface area contributed by atoms with E-state index in [0.717, 1.165) is 21.7 Å². The van der Waals surface area contributed by atoms with E-state index in [-0.39, 0.29) is 12.5 Å². The van der Waals surface area contributed by atoms with Crippen molar-refractivity contribution in [1.29, 1.82) is 0 Å². The van der Waals surface area contributed by atoms with Crippen LogP contribution in [-0.2, 0) is 21.4 Å². The number of amides is 1. The molecule has 0 aromatic heterocycles. The molecule has 0 fully saturated rings. The highest BCUT2D eigenvalue weighted by molar-refractivity contribution is 7.92. The fourth-order valence-electron chi connectivity index (χ4n) is 2.78. The van der Waals surface area contributed by atoms with Crippen molar-refractivity contribution in [3.63, 3.8) is 0 Å². The van der Waals surface area contributed by atoms with Crippen molar-refractivity contribution in [1.82, 2.24) is 4.90 Å². The largest absolute Gasteiger partial charge is 0.495 e. The number of hydrogen-bond donors (Lipinski definition) is 0. The van der Waals surface area contributed by atoms with Crippen LogP contribution in [0.5, 0.6) is 5.75 Å². The summed E-state index contributed by atoms with van der Waals surface area (Å²) >= 11 is 0. The van der Waals surface area contributed by atoms with Gasteiger partial charge in [0, 0.05) is 13.1 Å². The molecule has 2 aromatic carbocycles. The Bertz CT molecular complexity index is 882. The summed E-state index contributed by atoms with van der Waals surface area (Å²) in [7, 11) is -2.19. The number of rotatable bonds is 8. The second-order valence-electron chi connectivity index (χ2n) is 6.34. The topological polar surface area (TPSA) is 66.9 Å². The normalized spacial score (nSPS) is 11.1. The summed E-state index contributed by atoms with van der Waals surface area (Å²) in [5, 5.41) is 0. The summed E-state index contributed by atoms with van der Waals surface area (Å²) in [4.78, 5) is 14.5. The molecule has 0 radical (unpaired) electrons. The molecule has 0 heterocycles. The molecular formula is C20H26N2O4S. The molecule has 0 aliphatic carbocycles. The van der Waals surface area contributed by atoms with Gasteiger partial charge in [0.05, 0.1) is 19.1 Å². The summed E-state index contributed by atoms with van der Waals surface area (Å²) in [6.07, 6.45) is 1.09. The highest BCUT2D eigenvalue weighted by Gasteiger charge is 2.26. The van der Waals surface area contributed by atoms with E-state index in [0.29, 0.717) is 24.5 Å². The number of aryl methyl sites for hydroxylation is 1. The van der Waals surface area contributed by atoms with Crippen LogP contribution < -0.4 is 9.04 Å². The molecule has 0 bridgehead atoms. The fraction of sp³-hybridized carbons (Fsp3) is 0.350. The van der Waals surface area contributed by atoms with E-state index in [1.165, 1.54) is 7.11 Å². The Morgan fingerprint density at radius 2 is 1.78 bits per heavy atom. The third-order valence-corrected chi connectivity index (χ3v) is 5.36. The lowest BCUT2D eigenvalue weighted by Crippen LogP contribution is -2.42. The number of sulfonamides is 1. The third-order valence-electron chi connectivity index (χ3n) is 4.23. The van der Waals surface area contributed by atoms with Crippen LogP contribution in [0.4, 0.5) is 5.69 Å². The van der Waals surface area contributed by atoms with Gasteiger partial charge in [-0.05, 0) is 37.1 Å². The maximum atomic E-state index is 12.9. The number of carbonyl (C=O) groups is 1. The van der Waals surface area contributed by atoms with Crippen LogP contribution in [-0.4, -0.2) is 45.7 Å². The second kappa shape index (κ2) is 8.90. The van der Waals surface area contributed by atoms with Gasteiger partial charge in [-0.2, -0.15) is 0 Å². The molecule has 0 aliphatic rings. The van der Waals surface area contributed by atoms with Crippen molar-refractivity contribution in [2.24, 2.45) is 0 Å². The van der Waals surface area contributed by atoms with Crippen molar-refractivity contribution in [2.75, 3.05) is 30.8 Å². The van der Waals surface area contributed by atoms with Crippen LogP contribution in [0.15, 0.2) is 48.5 Å². The molecule has 6 nitrogen and oxygen atoms in total. The zero-order valence-corrected chi connectivity index (χ0v) is 17.0. The number of benzene rings is 2. The van der Waals surface area contributed by atoms with Gasteiger partial charge in [0.1, 0.15) is 12.3 Å². The maximum Gasteiger partial charge on any atom is 0.243 e. The molecule has 2 aromatic rings. The Balaban J connectivity index is 2.31. The van der Waals surface area contributed by atoms with Crippen molar-refractivity contribution >= 4 is 21.6 Å². The number of carbonyl (C=O) groups excluding carboxylic acids is 1. The number of anilines is 1. The van der Waals surface area contributed by atoms with E-state index in [2.05, 4.69) is 0 Å².